The highest BCUT2D eigenvalue weighted by atomic mass is 16.5. The third kappa shape index (κ3) is 3.66. The van der Waals surface area contributed by atoms with Gasteiger partial charge in [-0.2, -0.15) is 0 Å². The number of H-pyrrole nitrogens is 1. The predicted molar refractivity (Wildman–Crippen MR) is 96.4 cm³/mol. The van der Waals surface area contributed by atoms with Crippen molar-refractivity contribution in [2.24, 2.45) is 5.92 Å². The van der Waals surface area contributed by atoms with Crippen molar-refractivity contribution in [3.8, 4) is 0 Å². The van der Waals surface area contributed by atoms with Crippen LogP contribution in [0, 0.1) is 12.8 Å². The number of benzene rings is 1. The van der Waals surface area contributed by atoms with Crippen LogP contribution >= 0.6 is 0 Å². The summed E-state index contributed by atoms with van der Waals surface area (Å²) in [6.07, 6.45) is 5.42. The zero-order valence-electron chi connectivity index (χ0n) is 14.5. The molecule has 2 aromatic rings. The fraction of sp³-hybridized carbons (Fsp3) is 0.600. The summed E-state index contributed by atoms with van der Waals surface area (Å²) in [6, 6.07) is 7.08. The van der Waals surface area contributed by atoms with Gasteiger partial charge in [-0.25, -0.2) is 0 Å². The Labute approximate surface area is 143 Å². The summed E-state index contributed by atoms with van der Waals surface area (Å²) >= 11 is 0. The van der Waals surface area contributed by atoms with Crippen molar-refractivity contribution in [3.63, 3.8) is 0 Å². The molecule has 130 valence electrons. The Hall–Kier alpha value is -1.36. The van der Waals surface area contributed by atoms with E-state index in [0.717, 1.165) is 31.8 Å². The van der Waals surface area contributed by atoms with Gasteiger partial charge in [0.15, 0.2) is 0 Å². The molecule has 1 heterocycles. The van der Waals surface area contributed by atoms with Crippen molar-refractivity contribution in [3.05, 3.63) is 35.0 Å². The normalized spacial score (nSPS) is 21.8. The molecular formula is C20H28N2O2. The van der Waals surface area contributed by atoms with Crippen molar-refractivity contribution in [1.82, 2.24) is 10.3 Å². The molecular weight excluding hydrogens is 300 g/mol. The van der Waals surface area contributed by atoms with Crippen LogP contribution in [0.15, 0.2) is 18.2 Å². The SMILES string of the molecule is Cc1ccc2[nH]c3c(c2c1)CC(NCC(O)COCC1CC1)CC3. The van der Waals surface area contributed by atoms with E-state index in [1.165, 1.54) is 40.6 Å². The number of nitrogens with one attached hydrogen (secondary N) is 2. The molecule has 4 rings (SSSR count). The highest BCUT2D eigenvalue weighted by Crippen LogP contribution is 2.30. The van der Waals surface area contributed by atoms with Crippen LogP contribution in [0.4, 0.5) is 0 Å². The van der Waals surface area contributed by atoms with E-state index in [1.54, 1.807) is 0 Å². The van der Waals surface area contributed by atoms with Gasteiger partial charge in [0.05, 0.1) is 12.7 Å². The number of rotatable bonds is 7. The largest absolute Gasteiger partial charge is 0.389 e. The summed E-state index contributed by atoms with van der Waals surface area (Å²) in [5, 5.41) is 15.0. The maximum atomic E-state index is 10.1. The molecule has 1 aromatic heterocycles. The molecule has 0 spiro atoms. The lowest BCUT2D eigenvalue weighted by Crippen LogP contribution is -2.40. The minimum absolute atomic E-state index is 0.407. The number of aryl methyl sites for hydroxylation is 2. The number of aliphatic hydroxyl groups excluding tert-OH is 1. The topological polar surface area (TPSA) is 57.3 Å². The minimum atomic E-state index is -0.407. The summed E-state index contributed by atoms with van der Waals surface area (Å²) < 4.78 is 5.58. The molecule has 2 atom stereocenters. The molecule has 0 radical (unpaired) electrons. The molecule has 24 heavy (non-hydrogen) atoms. The molecule has 1 fully saturated rings. The molecule has 0 amide bonds. The van der Waals surface area contributed by atoms with E-state index in [2.05, 4.69) is 35.4 Å². The Kier molecular flexibility index (Phi) is 4.61. The summed E-state index contributed by atoms with van der Waals surface area (Å²) in [7, 11) is 0. The Morgan fingerprint density at radius 2 is 2.21 bits per heavy atom. The Bertz CT molecular complexity index is 705. The lowest BCUT2D eigenvalue weighted by molar-refractivity contribution is 0.0310. The molecule has 1 saturated carbocycles. The number of hydrogen-bond donors (Lipinski definition) is 3. The summed E-state index contributed by atoms with van der Waals surface area (Å²) in [4.78, 5) is 3.58. The van der Waals surface area contributed by atoms with Crippen molar-refractivity contribution in [2.45, 2.75) is 51.2 Å². The Morgan fingerprint density at radius 3 is 3.04 bits per heavy atom. The number of aliphatic hydroxyl groups is 1. The molecule has 4 nitrogen and oxygen atoms in total. The van der Waals surface area contributed by atoms with E-state index in [1.807, 2.05) is 0 Å². The Balaban J connectivity index is 1.32. The molecule has 0 saturated heterocycles. The number of ether oxygens (including phenoxy) is 1. The third-order valence-corrected chi connectivity index (χ3v) is 5.35. The van der Waals surface area contributed by atoms with Crippen molar-refractivity contribution < 1.29 is 9.84 Å². The van der Waals surface area contributed by atoms with Gasteiger partial charge >= 0.3 is 0 Å². The first-order valence-electron chi connectivity index (χ1n) is 9.28. The maximum absolute atomic E-state index is 10.1. The van der Waals surface area contributed by atoms with E-state index in [4.69, 9.17) is 4.74 Å². The molecule has 1 aromatic carbocycles. The van der Waals surface area contributed by atoms with Gasteiger partial charge < -0.3 is 20.1 Å². The predicted octanol–water partition coefficient (Wildman–Crippen LogP) is 2.71. The van der Waals surface area contributed by atoms with Gasteiger partial charge in [-0.15, -0.1) is 0 Å². The molecule has 4 heteroatoms. The second kappa shape index (κ2) is 6.87. The molecule has 0 aliphatic heterocycles. The van der Waals surface area contributed by atoms with Gasteiger partial charge in [0.1, 0.15) is 0 Å². The number of fused-ring (bicyclic) bond motifs is 3. The molecule has 2 unspecified atom stereocenters. The molecule has 2 aliphatic carbocycles. The lowest BCUT2D eigenvalue weighted by atomic mass is 9.91. The van der Waals surface area contributed by atoms with Gasteiger partial charge in [0, 0.05) is 35.8 Å². The van der Waals surface area contributed by atoms with Crippen LogP contribution < -0.4 is 5.32 Å². The van der Waals surface area contributed by atoms with E-state index < -0.39 is 6.10 Å². The van der Waals surface area contributed by atoms with Crippen LogP contribution in [0.3, 0.4) is 0 Å². The second-order valence-electron chi connectivity index (χ2n) is 7.61. The maximum Gasteiger partial charge on any atom is 0.0897 e. The van der Waals surface area contributed by atoms with Gasteiger partial charge in [-0.3, -0.25) is 0 Å². The van der Waals surface area contributed by atoms with E-state index in [9.17, 15) is 5.11 Å². The first kappa shape index (κ1) is 16.1. The molecule has 0 bridgehead atoms. The van der Waals surface area contributed by atoms with E-state index in [0.29, 0.717) is 19.2 Å². The zero-order valence-corrected chi connectivity index (χ0v) is 14.5. The van der Waals surface area contributed by atoms with Gasteiger partial charge in [-0.1, -0.05) is 11.6 Å². The van der Waals surface area contributed by atoms with Crippen LogP contribution in [-0.2, 0) is 17.6 Å². The smallest absolute Gasteiger partial charge is 0.0897 e. The number of aromatic nitrogens is 1. The van der Waals surface area contributed by atoms with Crippen molar-refractivity contribution in [1.29, 1.82) is 0 Å². The monoisotopic (exact) mass is 328 g/mol. The average molecular weight is 328 g/mol. The first-order valence-corrected chi connectivity index (χ1v) is 9.28. The van der Waals surface area contributed by atoms with Gasteiger partial charge in [0.25, 0.3) is 0 Å². The standard InChI is InChI=1S/C20H28N2O2/c1-13-2-6-19-17(8-13)18-9-15(5-7-20(18)22-19)21-10-16(23)12-24-11-14-3-4-14/h2,6,8,14-16,21-23H,3-5,7,9-12H2,1H3. The molecule has 2 aliphatic rings. The lowest BCUT2D eigenvalue weighted by Gasteiger charge is -2.25. The van der Waals surface area contributed by atoms with E-state index in [-0.39, 0.29) is 0 Å². The summed E-state index contributed by atoms with van der Waals surface area (Å²) in [5.41, 5.74) is 5.40. The van der Waals surface area contributed by atoms with E-state index >= 15 is 0 Å². The molecule has 3 N–H and O–H groups in total. The fourth-order valence-corrected chi connectivity index (χ4v) is 3.72. The fourth-order valence-electron chi connectivity index (χ4n) is 3.72. The summed E-state index contributed by atoms with van der Waals surface area (Å²) in [6.45, 7) is 4.04. The van der Waals surface area contributed by atoms with Crippen molar-refractivity contribution in [2.75, 3.05) is 19.8 Å². The second-order valence-corrected chi connectivity index (χ2v) is 7.61. The highest BCUT2D eigenvalue weighted by molar-refractivity contribution is 5.85. The van der Waals surface area contributed by atoms with Crippen LogP contribution in [0.2, 0.25) is 0 Å². The van der Waals surface area contributed by atoms with Gasteiger partial charge in [0.2, 0.25) is 0 Å². The van der Waals surface area contributed by atoms with Crippen LogP contribution in [0.1, 0.15) is 36.1 Å². The number of hydrogen-bond acceptors (Lipinski definition) is 3. The van der Waals surface area contributed by atoms with Crippen LogP contribution in [0.5, 0.6) is 0 Å². The third-order valence-electron chi connectivity index (χ3n) is 5.35. The van der Waals surface area contributed by atoms with Crippen molar-refractivity contribution >= 4 is 10.9 Å². The number of aromatic amines is 1. The summed E-state index contributed by atoms with van der Waals surface area (Å²) in [5.74, 6) is 0.757. The van der Waals surface area contributed by atoms with Crippen LogP contribution in [0.25, 0.3) is 10.9 Å². The van der Waals surface area contributed by atoms with Crippen LogP contribution in [-0.4, -0.2) is 42.0 Å². The van der Waals surface area contributed by atoms with Gasteiger partial charge in [-0.05, 0) is 62.6 Å². The Morgan fingerprint density at radius 1 is 1.33 bits per heavy atom. The zero-order chi connectivity index (χ0) is 16.5. The highest BCUT2D eigenvalue weighted by Gasteiger charge is 2.24. The first-order chi connectivity index (χ1) is 11.7. The minimum Gasteiger partial charge on any atom is -0.389 e. The average Bonchev–Trinajstić information content (AvgIpc) is 3.33. The quantitative estimate of drug-likeness (QED) is 0.732.